The van der Waals surface area contributed by atoms with Crippen LogP contribution in [0.25, 0.3) is 0 Å². The third-order valence-corrected chi connectivity index (χ3v) is 5.11. The Morgan fingerprint density at radius 2 is 1.90 bits per heavy atom. The summed E-state index contributed by atoms with van der Waals surface area (Å²) in [5.74, 6) is -2.04. The third kappa shape index (κ3) is 4.63. The smallest absolute Gasteiger partial charge is 0.343 e. The van der Waals surface area contributed by atoms with Gasteiger partial charge in [-0.25, -0.2) is 13.9 Å². The highest BCUT2D eigenvalue weighted by Crippen LogP contribution is 2.24. The summed E-state index contributed by atoms with van der Waals surface area (Å²) in [4.78, 5) is 24.7. The van der Waals surface area contributed by atoms with Crippen LogP contribution < -0.4 is 4.74 Å². The number of methoxy groups -OCH3 is 1. The van der Waals surface area contributed by atoms with Gasteiger partial charge in [0.2, 0.25) is 0 Å². The second kappa shape index (κ2) is 9.28. The van der Waals surface area contributed by atoms with Crippen molar-refractivity contribution in [1.29, 1.82) is 0 Å². The molecule has 9 heteroatoms. The van der Waals surface area contributed by atoms with Crippen molar-refractivity contribution in [2.75, 3.05) is 13.7 Å². The fraction of sp³-hybridized carbons (Fsp3) is 0.190. The Kier molecular flexibility index (Phi) is 6.74. The van der Waals surface area contributed by atoms with Gasteiger partial charge in [0.05, 0.1) is 19.3 Å². The Morgan fingerprint density at radius 3 is 2.57 bits per heavy atom. The Balaban J connectivity index is 1.71. The van der Waals surface area contributed by atoms with E-state index in [1.807, 2.05) is 12.1 Å². The second-order valence-corrected chi connectivity index (χ2v) is 7.11. The van der Waals surface area contributed by atoms with Crippen LogP contribution in [0.2, 0.25) is 10.2 Å². The number of carbonyl (C=O) groups excluding carboxylic acids is 2. The van der Waals surface area contributed by atoms with Gasteiger partial charge in [0.25, 0.3) is 0 Å². The summed E-state index contributed by atoms with van der Waals surface area (Å²) >= 11 is 12.5. The van der Waals surface area contributed by atoms with Crippen LogP contribution in [-0.4, -0.2) is 35.2 Å². The molecule has 0 bridgehead atoms. The summed E-state index contributed by atoms with van der Waals surface area (Å²) < 4.78 is 25.1. The van der Waals surface area contributed by atoms with Crippen LogP contribution in [0.4, 0.5) is 4.39 Å². The zero-order valence-corrected chi connectivity index (χ0v) is 17.6. The molecule has 0 N–H and O–H groups in total. The van der Waals surface area contributed by atoms with Gasteiger partial charge in [-0.3, -0.25) is 4.79 Å². The van der Waals surface area contributed by atoms with E-state index >= 15 is 0 Å². The lowest BCUT2D eigenvalue weighted by molar-refractivity contribution is 0.0474. The number of aryl methyl sites for hydroxylation is 1. The maximum Gasteiger partial charge on any atom is 0.343 e. The van der Waals surface area contributed by atoms with E-state index in [0.717, 1.165) is 11.6 Å². The predicted molar refractivity (Wildman–Crippen MR) is 110 cm³/mol. The summed E-state index contributed by atoms with van der Waals surface area (Å²) in [5.41, 5.74) is 1.23. The molecule has 1 aromatic heterocycles. The minimum Gasteiger partial charge on any atom is -0.494 e. The van der Waals surface area contributed by atoms with Gasteiger partial charge in [-0.2, -0.15) is 5.10 Å². The quantitative estimate of drug-likeness (QED) is 0.384. The lowest BCUT2D eigenvalue weighted by Gasteiger charge is -2.07. The predicted octanol–water partition coefficient (Wildman–Crippen LogP) is 4.73. The highest BCUT2D eigenvalue weighted by molar-refractivity contribution is 6.33. The molecule has 30 heavy (non-hydrogen) atoms. The Hall–Kier alpha value is -2.90. The van der Waals surface area contributed by atoms with Crippen molar-refractivity contribution in [3.63, 3.8) is 0 Å². The summed E-state index contributed by atoms with van der Waals surface area (Å²) in [6.45, 7) is 1.29. The van der Waals surface area contributed by atoms with Crippen molar-refractivity contribution in [3.8, 4) is 5.75 Å². The maximum absolute atomic E-state index is 13.8. The number of rotatable bonds is 7. The van der Waals surface area contributed by atoms with Gasteiger partial charge < -0.3 is 9.47 Å². The minimum atomic E-state index is -0.801. The first-order chi connectivity index (χ1) is 14.3. The topological polar surface area (TPSA) is 70.4 Å². The molecule has 6 nitrogen and oxygen atoms in total. The highest BCUT2D eigenvalue weighted by Gasteiger charge is 2.23. The summed E-state index contributed by atoms with van der Waals surface area (Å²) in [6, 6.07) is 10.9. The van der Waals surface area contributed by atoms with Crippen LogP contribution in [-0.2, 0) is 11.3 Å². The van der Waals surface area contributed by atoms with Crippen LogP contribution in [0.3, 0.4) is 0 Å². The fourth-order valence-electron chi connectivity index (χ4n) is 2.80. The van der Waals surface area contributed by atoms with E-state index in [0.29, 0.717) is 10.7 Å². The zero-order chi connectivity index (χ0) is 21.8. The molecule has 0 aliphatic rings. The van der Waals surface area contributed by atoms with Crippen LogP contribution in [0, 0.1) is 12.7 Å². The number of esters is 1. The minimum absolute atomic E-state index is 0.0110. The van der Waals surface area contributed by atoms with Crippen LogP contribution in [0.1, 0.15) is 32.0 Å². The standard InChI is InChI=1S/C21H17Cl2FN2O4/c1-12-19(20(23)26(25-12)10-14-5-3-4-6-15(14)22)21(28)30-11-17(27)13-7-8-18(29-2)16(24)9-13/h3-9H,10-11H2,1-2H3. The highest BCUT2D eigenvalue weighted by atomic mass is 35.5. The number of ketones is 1. The number of nitrogens with zero attached hydrogens (tertiary/aromatic N) is 2. The molecule has 0 radical (unpaired) electrons. The number of Topliss-reactive ketones (excluding diaryl/α,β-unsaturated/α-hetero) is 1. The average molecular weight is 451 g/mol. The third-order valence-electron chi connectivity index (χ3n) is 4.36. The van der Waals surface area contributed by atoms with E-state index in [4.69, 9.17) is 32.7 Å². The van der Waals surface area contributed by atoms with Gasteiger partial charge >= 0.3 is 5.97 Å². The molecule has 0 spiro atoms. The van der Waals surface area contributed by atoms with E-state index < -0.39 is 24.2 Å². The monoisotopic (exact) mass is 450 g/mol. The summed E-state index contributed by atoms with van der Waals surface area (Å²) in [6.07, 6.45) is 0. The van der Waals surface area contributed by atoms with Gasteiger partial charge in [0.15, 0.2) is 24.0 Å². The van der Waals surface area contributed by atoms with E-state index in [2.05, 4.69) is 5.10 Å². The second-order valence-electron chi connectivity index (χ2n) is 6.35. The first-order valence-corrected chi connectivity index (χ1v) is 9.57. The molecule has 3 aromatic rings. The first-order valence-electron chi connectivity index (χ1n) is 8.82. The lowest BCUT2D eigenvalue weighted by atomic mass is 10.1. The van der Waals surface area contributed by atoms with Gasteiger partial charge in [-0.05, 0) is 36.8 Å². The molecule has 156 valence electrons. The van der Waals surface area contributed by atoms with E-state index in [9.17, 15) is 14.0 Å². The number of hydrogen-bond donors (Lipinski definition) is 0. The molecule has 0 saturated heterocycles. The molecule has 0 unspecified atom stereocenters. The molecule has 2 aromatic carbocycles. The van der Waals surface area contributed by atoms with Gasteiger partial charge in [-0.1, -0.05) is 41.4 Å². The average Bonchev–Trinajstić information content (AvgIpc) is 3.00. The van der Waals surface area contributed by atoms with Crippen molar-refractivity contribution >= 4 is 35.0 Å². The number of halogens is 3. The van der Waals surface area contributed by atoms with Gasteiger partial charge in [0.1, 0.15) is 10.7 Å². The zero-order valence-electron chi connectivity index (χ0n) is 16.1. The molecule has 0 fully saturated rings. The van der Waals surface area contributed by atoms with Gasteiger partial charge in [0, 0.05) is 10.6 Å². The van der Waals surface area contributed by atoms with Gasteiger partial charge in [-0.15, -0.1) is 0 Å². The molecular formula is C21H17Cl2FN2O4. The molecule has 0 atom stereocenters. The SMILES string of the molecule is COc1ccc(C(=O)COC(=O)c2c(C)nn(Cc3ccccc3Cl)c2Cl)cc1F. The molecule has 3 rings (SSSR count). The normalized spacial score (nSPS) is 10.7. The summed E-state index contributed by atoms with van der Waals surface area (Å²) in [5, 5.41) is 4.87. The van der Waals surface area contributed by atoms with Crippen molar-refractivity contribution in [3.05, 3.63) is 80.8 Å². The number of aromatic nitrogens is 2. The van der Waals surface area contributed by atoms with E-state index in [1.165, 1.54) is 23.9 Å². The van der Waals surface area contributed by atoms with Crippen molar-refractivity contribution in [2.45, 2.75) is 13.5 Å². The van der Waals surface area contributed by atoms with Crippen molar-refractivity contribution in [1.82, 2.24) is 9.78 Å². The van der Waals surface area contributed by atoms with Crippen molar-refractivity contribution < 1.29 is 23.5 Å². The van der Waals surface area contributed by atoms with E-state index in [-0.39, 0.29) is 28.6 Å². The van der Waals surface area contributed by atoms with Crippen LogP contribution in [0.15, 0.2) is 42.5 Å². The molecular weight excluding hydrogens is 434 g/mol. The number of benzene rings is 2. The summed E-state index contributed by atoms with van der Waals surface area (Å²) in [7, 11) is 1.32. The largest absolute Gasteiger partial charge is 0.494 e. The Morgan fingerprint density at radius 1 is 1.17 bits per heavy atom. The number of ether oxygens (including phenoxy) is 2. The molecule has 1 heterocycles. The maximum atomic E-state index is 13.8. The Bertz CT molecular complexity index is 1110. The van der Waals surface area contributed by atoms with Crippen LogP contribution in [0.5, 0.6) is 5.75 Å². The molecule has 0 saturated carbocycles. The number of hydrogen-bond acceptors (Lipinski definition) is 5. The number of carbonyl (C=O) groups is 2. The molecule has 0 aliphatic carbocycles. The van der Waals surface area contributed by atoms with Crippen molar-refractivity contribution in [2.24, 2.45) is 0 Å². The van der Waals surface area contributed by atoms with E-state index in [1.54, 1.807) is 19.1 Å². The first kappa shape index (κ1) is 21.8. The molecule has 0 amide bonds. The Labute approximate surface area is 182 Å². The fourth-order valence-corrected chi connectivity index (χ4v) is 3.31. The molecule has 0 aliphatic heterocycles. The lowest BCUT2D eigenvalue weighted by Crippen LogP contribution is -2.15. The van der Waals surface area contributed by atoms with Crippen LogP contribution >= 0.6 is 23.2 Å².